The zero-order chi connectivity index (χ0) is 13.3. The Kier molecular flexibility index (Phi) is 4.33. The van der Waals surface area contributed by atoms with E-state index in [1.54, 1.807) is 18.2 Å². The topological polar surface area (TPSA) is 40.5 Å². The number of amides is 1. The van der Waals surface area contributed by atoms with Gasteiger partial charge in [-0.2, -0.15) is 0 Å². The maximum Gasteiger partial charge on any atom is 0.257 e. The third kappa shape index (κ3) is 2.57. The van der Waals surface area contributed by atoms with Gasteiger partial charge in [0.2, 0.25) is 0 Å². The summed E-state index contributed by atoms with van der Waals surface area (Å²) < 4.78 is 0.797. The van der Waals surface area contributed by atoms with E-state index in [1.807, 2.05) is 4.90 Å². The first-order chi connectivity index (χ1) is 8.54. The van der Waals surface area contributed by atoms with Crippen molar-refractivity contribution < 1.29 is 9.90 Å². The lowest BCUT2D eigenvalue weighted by Gasteiger charge is -2.25. The monoisotopic (exact) mass is 375 g/mol. The van der Waals surface area contributed by atoms with Gasteiger partial charge in [0.15, 0.2) is 0 Å². The summed E-state index contributed by atoms with van der Waals surface area (Å²) in [7, 11) is 0. The lowest BCUT2D eigenvalue weighted by atomic mass is 10.0. The average Bonchev–Trinajstić information content (AvgIpc) is 2.72. The van der Waals surface area contributed by atoms with Gasteiger partial charge in [0, 0.05) is 22.4 Å². The van der Waals surface area contributed by atoms with E-state index in [0.717, 1.165) is 22.8 Å². The smallest absolute Gasteiger partial charge is 0.257 e. The molecule has 0 saturated carbocycles. The Bertz CT molecular complexity index is 464. The Morgan fingerprint density at radius 3 is 2.94 bits per heavy atom. The van der Waals surface area contributed by atoms with Gasteiger partial charge in [-0.25, -0.2) is 0 Å². The van der Waals surface area contributed by atoms with Gasteiger partial charge >= 0.3 is 0 Å². The predicted molar refractivity (Wildman–Crippen MR) is 78.2 cm³/mol. The number of hydrogen-bond donors (Lipinski definition) is 1. The van der Waals surface area contributed by atoms with Crippen LogP contribution in [-0.2, 0) is 0 Å². The largest absolute Gasteiger partial charge is 0.507 e. The van der Waals surface area contributed by atoms with E-state index < -0.39 is 0 Å². The summed E-state index contributed by atoms with van der Waals surface area (Å²) in [5.41, 5.74) is 0.365. The van der Waals surface area contributed by atoms with Crippen molar-refractivity contribution in [1.29, 1.82) is 0 Å². The van der Waals surface area contributed by atoms with Crippen LogP contribution in [-0.4, -0.2) is 33.8 Å². The van der Waals surface area contributed by atoms with Gasteiger partial charge in [-0.05, 0) is 30.5 Å². The second-order valence-electron chi connectivity index (χ2n) is 4.65. The molecule has 1 aromatic rings. The number of phenols is 1. The van der Waals surface area contributed by atoms with Crippen molar-refractivity contribution in [3.05, 3.63) is 28.2 Å². The van der Waals surface area contributed by atoms with Crippen molar-refractivity contribution in [2.75, 3.05) is 11.9 Å². The molecule has 1 N–H and O–H groups in total. The van der Waals surface area contributed by atoms with Gasteiger partial charge in [-0.15, -0.1) is 0 Å². The molecule has 2 atom stereocenters. The van der Waals surface area contributed by atoms with Crippen LogP contribution in [0.5, 0.6) is 5.75 Å². The Labute approximate surface area is 123 Å². The Hall–Kier alpha value is -0.550. The second-order valence-corrected chi connectivity index (χ2v) is 6.21. The van der Waals surface area contributed by atoms with Crippen LogP contribution in [0.4, 0.5) is 0 Å². The molecule has 1 saturated heterocycles. The van der Waals surface area contributed by atoms with E-state index in [4.69, 9.17) is 0 Å². The molecule has 5 heteroatoms. The van der Waals surface area contributed by atoms with Crippen molar-refractivity contribution >= 4 is 37.8 Å². The molecule has 1 aliphatic rings. The first-order valence-corrected chi connectivity index (χ1v) is 7.81. The maximum atomic E-state index is 12.5. The normalized spacial score (nSPS) is 23.4. The van der Waals surface area contributed by atoms with E-state index in [0.29, 0.717) is 11.5 Å². The number of aromatic hydroxyl groups is 1. The molecule has 0 aliphatic carbocycles. The summed E-state index contributed by atoms with van der Waals surface area (Å²) in [4.78, 5) is 14.3. The number of carbonyl (C=O) groups excluding carboxylic acids is 1. The van der Waals surface area contributed by atoms with Gasteiger partial charge < -0.3 is 10.0 Å². The minimum absolute atomic E-state index is 0.0380. The van der Waals surface area contributed by atoms with Gasteiger partial charge in [0.25, 0.3) is 5.91 Å². The van der Waals surface area contributed by atoms with Crippen molar-refractivity contribution in [2.24, 2.45) is 5.92 Å². The molecule has 1 aliphatic heterocycles. The molecular formula is C13H15Br2NO2. The number of carbonyl (C=O) groups is 1. The third-order valence-corrected chi connectivity index (χ3v) is 4.65. The molecule has 3 nitrogen and oxygen atoms in total. The fourth-order valence-electron chi connectivity index (χ4n) is 2.33. The number of halogens is 2. The number of phenolic OH excluding ortho intramolecular Hbond substituents is 1. The highest BCUT2D eigenvalue weighted by Gasteiger charge is 2.34. The van der Waals surface area contributed by atoms with Gasteiger partial charge in [0.1, 0.15) is 5.75 Å². The van der Waals surface area contributed by atoms with Crippen LogP contribution in [0.1, 0.15) is 23.7 Å². The summed E-state index contributed by atoms with van der Waals surface area (Å²) in [5, 5.41) is 10.6. The summed E-state index contributed by atoms with van der Waals surface area (Å²) in [6, 6.07) is 5.14. The summed E-state index contributed by atoms with van der Waals surface area (Å²) in [6.07, 6.45) is 1.01. The van der Waals surface area contributed by atoms with Crippen LogP contribution in [0.25, 0.3) is 0 Å². The minimum atomic E-state index is -0.0948. The van der Waals surface area contributed by atoms with E-state index >= 15 is 0 Å². The van der Waals surface area contributed by atoms with Crippen LogP contribution < -0.4 is 0 Å². The molecule has 1 amide bonds. The first kappa shape index (κ1) is 13.9. The predicted octanol–water partition coefficient (Wildman–Crippen LogP) is 3.40. The van der Waals surface area contributed by atoms with Crippen LogP contribution in [0.2, 0.25) is 0 Å². The number of likely N-dealkylation sites (tertiary alicyclic amines) is 1. The zero-order valence-corrected chi connectivity index (χ0v) is 13.2. The standard InChI is InChI=1S/C13H15Br2NO2/c1-8-4-5-16(11(8)7-14)13(18)10-6-9(15)2-3-12(10)17/h2-3,6,8,11,17H,4-5,7H2,1H3. The highest BCUT2D eigenvalue weighted by atomic mass is 79.9. The molecule has 18 heavy (non-hydrogen) atoms. The number of nitrogens with zero attached hydrogens (tertiary/aromatic N) is 1. The molecule has 98 valence electrons. The summed E-state index contributed by atoms with van der Waals surface area (Å²) in [6.45, 7) is 2.90. The number of rotatable bonds is 2. The van der Waals surface area contributed by atoms with Crippen molar-refractivity contribution in [1.82, 2.24) is 4.90 Å². The fourth-order valence-corrected chi connectivity index (χ4v) is 3.68. The SMILES string of the molecule is CC1CCN(C(=O)c2cc(Br)ccc2O)C1CBr. The molecule has 1 heterocycles. The number of alkyl halides is 1. The Morgan fingerprint density at radius 2 is 2.28 bits per heavy atom. The minimum Gasteiger partial charge on any atom is -0.507 e. The third-order valence-electron chi connectivity index (χ3n) is 3.49. The van der Waals surface area contributed by atoms with Crippen LogP contribution >= 0.6 is 31.9 Å². The zero-order valence-electron chi connectivity index (χ0n) is 10.1. The highest BCUT2D eigenvalue weighted by Crippen LogP contribution is 2.30. The van der Waals surface area contributed by atoms with Gasteiger partial charge in [-0.1, -0.05) is 38.8 Å². The molecule has 1 fully saturated rings. The lowest BCUT2D eigenvalue weighted by molar-refractivity contribution is 0.0735. The molecule has 0 spiro atoms. The number of benzene rings is 1. The lowest BCUT2D eigenvalue weighted by Crippen LogP contribution is -2.38. The van der Waals surface area contributed by atoms with E-state index in [1.165, 1.54) is 0 Å². The van der Waals surface area contributed by atoms with Crippen molar-refractivity contribution in [2.45, 2.75) is 19.4 Å². The van der Waals surface area contributed by atoms with E-state index in [-0.39, 0.29) is 17.7 Å². The molecular weight excluding hydrogens is 362 g/mol. The quantitative estimate of drug-likeness (QED) is 0.803. The molecule has 0 radical (unpaired) electrons. The second kappa shape index (κ2) is 5.61. The Morgan fingerprint density at radius 1 is 1.56 bits per heavy atom. The van der Waals surface area contributed by atoms with Crippen molar-refractivity contribution in [3.63, 3.8) is 0 Å². The number of hydrogen-bond acceptors (Lipinski definition) is 2. The van der Waals surface area contributed by atoms with Gasteiger partial charge in [0.05, 0.1) is 5.56 Å². The Balaban J connectivity index is 2.28. The molecule has 2 unspecified atom stereocenters. The molecule has 0 bridgehead atoms. The van der Waals surface area contributed by atoms with Crippen LogP contribution in [0.3, 0.4) is 0 Å². The first-order valence-electron chi connectivity index (χ1n) is 5.90. The summed E-state index contributed by atoms with van der Waals surface area (Å²) in [5.74, 6) is 0.432. The van der Waals surface area contributed by atoms with Crippen molar-refractivity contribution in [3.8, 4) is 5.75 Å². The fraction of sp³-hybridized carbons (Fsp3) is 0.462. The maximum absolute atomic E-state index is 12.5. The van der Waals surface area contributed by atoms with Gasteiger partial charge in [-0.3, -0.25) is 4.79 Å². The average molecular weight is 377 g/mol. The van der Waals surface area contributed by atoms with E-state index in [2.05, 4.69) is 38.8 Å². The highest BCUT2D eigenvalue weighted by molar-refractivity contribution is 9.10. The van der Waals surface area contributed by atoms with Crippen LogP contribution in [0, 0.1) is 5.92 Å². The molecule has 0 aromatic heterocycles. The van der Waals surface area contributed by atoms with Crippen LogP contribution in [0.15, 0.2) is 22.7 Å². The molecule has 1 aromatic carbocycles. The molecule has 2 rings (SSSR count). The van der Waals surface area contributed by atoms with E-state index in [9.17, 15) is 9.90 Å². The summed E-state index contributed by atoms with van der Waals surface area (Å²) >= 11 is 6.79.